The van der Waals surface area contributed by atoms with E-state index in [4.69, 9.17) is 19.4 Å². The fourth-order valence-corrected chi connectivity index (χ4v) is 7.87. The third kappa shape index (κ3) is 8.97. The van der Waals surface area contributed by atoms with Crippen LogP contribution in [0.1, 0.15) is 77.6 Å². The zero-order chi connectivity index (χ0) is 40.7. The number of hydrogen-bond acceptors (Lipinski definition) is 9. The molecule has 1 aliphatic rings. The summed E-state index contributed by atoms with van der Waals surface area (Å²) in [7, 11) is 5.17. The molecule has 1 fully saturated rings. The van der Waals surface area contributed by atoms with Crippen LogP contribution in [-0.2, 0) is 55.1 Å². The average Bonchev–Trinajstić information content (AvgIpc) is 3.71. The summed E-state index contributed by atoms with van der Waals surface area (Å²) in [5.41, 5.74) is 9.56. The van der Waals surface area contributed by atoms with E-state index in [1.807, 2.05) is 38.5 Å². The molecule has 1 saturated heterocycles. The van der Waals surface area contributed by atoms with Gasteiger partial charge in [0.1, 0.15) is 17.9 Å². The van der Waals surface area contributed by atoms with Crippen molar-refractivity contribution in [1.29, 1.82) is 0 Å². The highest BCUT2D eigenvalue weighted by Gasteiger charge is 2.34. The number of hydrogen-bond donors (Lipinski definition) is 2. The highest BCUT2D eigenvalue weighted by atomic mass is 16.5. The largest absolute Gasteiger partial charge is 0.467 e. The van der Waals surface area contributed by atoms with Crippen molar-refractivity contribution < 1.29 is 28.7 Å². The summed E-state index contributed by atoms with van der Waals surface area (Å²) < 4.78 is 15.3. The van der Waals surface area contributed by atoms with Gasteiger partial charge in [-0.15, -0.1) is 0 Å². The first-order valence-electron chi connectivity index (χ1n) is 19.5. The Labute approximate surface area is 329 Å². The number of methoxy groups -OCH3 is 1. The molecule has 3 unspecified atom stereocenters. The smallest absolute Gasteiger partial charge is 0.293 e. The number of amides is 3. The van der Waals surface area contributed by atoms with Crippen LogP contribution in [0.25, 0.3) is 33.4 Å². The van der Waals surface area contributed by atoms with Gasteiger partial charge in [0, 0.05) is 80.9 Å². The Hall–Kier alpha value is -5.08. The van der Waals surface area contributed by atoms with E-state index in [0.29, 0.717) is 44.8 Å². The number of carbonyl (C=O) groups is 4. The van der Waals surface area contributed by atoms with Crippen LogP contribution in [0.5, 0.6) is 0 Å². The molecule has 3 aromatic heterocycles. The van der Waals surface area contributed by atoms with E-state index in [9.17, 15) is 19.2 Å². The van der Waals surface area contributed by atoms with Crippen LogP contribution in [0.3, 0.4) is 0 Å². The topological polar surface area (TPSA) is 153 Å². The first-order chi connectivity index (χ1) is 26.8. The van der Waals surface area contributed by atoms with Crippen molar-refractivity contribution in [1.82, 2.24) is 39.8 Å². The van der Waals surface area contributed by atoms with Gasteiger partial charge < -0.3 is 28.8 Å². The van der Waals surface area contributed by atoms with Crippen molar-refractivity contribution in [2.75, 3.05) is 33.9 Å². The van der Waals surface area contributed by atoms with Crippen molar-refractivity contribution >= 4 is 35.6 Å². The lowest BCUT2D eigenvalue weighted by Crippen LogP contribution is -2.59. The van der Waals surface area contributed by atoms with E-state index in [2.05, 4.69) is 60.3 Å². The molecule has 56 heavy (non-hydrogen) atoms. The van der Waals surface area contributed by atoms with Gasteiger partial charge in [0.05, 0.1) is 36.0 Å². The van der Waals surface area contributed by atoms with Crippen LogP contribution in [0, 0.1) is 11.3 Å². The maximum absolute atomic E-state index is 14.0. The standard InChI is InChI=1S/C42H58N8O6/c1-10-49-34-16-15-29(20-31(34)32(22-42(5,6)24-56-26-52)39(49)30-14-13-17-43-37(30)28(4)55-9)35-23-44-36(48(35)8)21-33(41(54)50-19-12-11-18-45-50)46-40(53)38(27(2)3)47(7)25-51/h13-17,20,23,25-28,33,38,45H,10-12,18-19,21-22,24H2,1-9H3,(H,46,53). The number of carbonyl (C=O) groups excluding carboxylic acids is 4. The van der Waals surface area contributed by atoms with Crippen LogP contribution >= 0.6 is 0 Å². The molecule has 302 valence electrons. The summed E-state index contributed by atoms with van der Waals surface area (Å²) in [4.78, 5) is 61.5. The zero-order valence-electron chi connectivity index (χ0n) is 34.3. The van der Waals surface area contributed by atoms with Gasteiger partial charge in [-0.1, -0.05) is 33.8 Å². The van der Waals surface area contributed by atoms with E-state index >= 15 is 0 Å². The van der Waals surface area contributed by atoms with Gasteiger partial charge in [0.15, 0.2) is 0 Å². The summed E-state index contributed by atoms with van der Waals surface area (Å²) in [5.74, 6) is -0.204. The third-order valence-electron chi connectivity index (χ3n) is 10.8. The molecule has 0 saturated carbocycles. The first kappa shape index (κ1) is 42.1. The predicted octanol–water partition coefficient (Wildman–Crippen LogP) is 4.84. The minimum absolute atomic E-state index is 0.144. The number of imidazole rings is 1. The maximum Gasteiger partial charge on any atom is 0.293 e. The second-order valence-electron chi connectivity index (χ2n) is 15.8. The summed E-state index contributed by atoms with van der Waals surface area (Å²) in [5, 5.41) is 5.61. The second kappa shape index (κ2) is 18.2. The van der Waals surface area contributed by atoms with Crippen LogP contribution in [-0.4, -0.2) is 99.6 Å². The van der Waals surface area contributed by atoms with E-state index in [1.54, 1.807) is 31.6 Å². The molecule has 4 aromatic rings. The van der Waals surface area contributed by atoms with Gasteiger partial charge in [0.25, 0.3) is 12.4 Å². The Morgan fingerprint density at radius 2 is 1.89 bits per heavy atom. The molecule has 0 spiro atoms. The third-order valence-corrected chi connectivity index (χ3v) is 10.8. The van der Waals surface area contributed by atoms with Crippen LogP contribution in [0.15, 0.2) is 42.7 Å². The average molecular weight is 771 g/mol. The number of likely N-dealkylation sites (N-methyl/N-ethyl adjacent to an activating group) is 1. The molecule has 2 N–H and O–H groups in total. The van der Waals surface area contributed by atoms with Crippen LogP contribution < -0.4 is 10.7 Å². The summed E-state index contributed by atoms with van der Waals surface area (Å²) in [6.07, 6.45) is 6.54. The predicted molar refractivity (Wildman–Crippen MR) is 215 cm³/mol. The number of fused-ring (bicyclic) bond motifs is 1. The number of aromatic nitrogens is 4. The molecule has 3 atom stereocenters. The number of pyridine rings is 1. The quantitative estimate of drug-likeness (QED) is 0.136. The number of nitrogens with zero attached hydrogens (tertiary/aromatic N) is 6. The number of ether oxygens (including phenoxy) is 2. The minimum atomic E-state index is -0.919. The van der Waals surface area contributed by atoms with Gasteiger partial charge in [-0.3, -0.25) is 29.2 Å². The molecule has 5 rings (SSSR count). The monoisotopic (exact) mass is 770 g/mol. The molecular formula is C42H58N8O6. The van der Waals surface area contributed by atoms with E-state index in [-0.39, 0.29) is 31.0 Å². The lowest BCUT2D eigenvalue weighted by atomic mass is 9.84. The molecule has 0 aliphatic carbocycles. The Balaban J connectivity index is 1.59. The van der Waals surface area contributed by atoms with E-state index in [1.165, 1.54) is 4.90 Å². The molecule has 0 bridgehead atoms. The van der Waals surface area contributed by atoms with Crippen molar-refractivity contribution in [3.8, 4) is 22.5 Å². The Morgan fingerprint density at radius 3 is 2.54 bits per heavy atom. The first-order valence-corrected chi connectivity index (χ1v) is 19.5. The number of rotatable bonds is 18. The second-order valence-corrected chi connectivity index (χ2v) is 15.8. The van der Waals surface area contributed by atoms with Crippen molar-refractivity contribution in [3.63, 3.8) is 0 Å². The highest BCUT2D eigenvalue weighted by Crippen LogP contribution is 2.41. The molecule has 1 aliphatic heterocycles. The number of benzene rings is 1. The fraction of sp³-hybridized carbons (Fsp3) is 0.524. The molecule has 14 nitrogen and oxygen atoms in total. The van der Waals surface area contributed by atoms with Gasteiger partial charge in [0.2, 0.25) is 12.3 Å². The zero-order valence-corrected chi connectivity index (χ0v) is 34.3. The number of nitrogens with one attached hydrogen (secondary N) is 2. The summed E-state index contributed by atoms with van der Waals surface area (Å²) in [6.45, 7) is 14.7. The van der Waals surface area contributed by atoms with Crippen molar-refractivity contribution in [2.45, 2.75) is 92.0 Å². The lowest BCUT2D eigenvalue weighted by molar-refractivity contribution is -0.142. The van der Waals surface area contributed by atoms with Gasteiger partial charge in [-0.25, -0.2) is 10.4 Å². The summed E-state index contributed by atoms with van der Waals surface area (Å²) in [6, 6.07) is 8.75. The molecule has 0 radical (unpaired) electrons. The van der Waals surface area contributed by atoms with E-state index in [0.717, 1.165) is 57.5 Å². The van der Waals surface area contributed by atoms with Crippen molar-refractivity contribution in [3.05, 3.63) is 59.8 Å². The molecule has 3 amide bonds. The van der Waals surface area contributed by atoms with Gasteiger partial charge in [-0.2, -0.15) is 0 Å². The van der Waals surface area contributed by atoms with Crippen molar-refractivity contribution in [2.24, 2.45) is 18.4 Å². The highest BCUT2D eigenvalue weighted by molar-refractivity contribution is 5.95. The number of aryl methyl sites for hydroxylation is 1. The van der Waals surface area contributed by atoms with Gasteiger partial charge in [-0.05, 0) is 68.9 Å². The molecule has 1 aromatic carbocycles. The fourth-order valence-electron chi connectivity index (χ4n) is 7.87. The molecule has 4 heterocycles. The Kier molecular flexibility index (Phi) is 13.7. The van der Waals surface area contributed by atoms with Gasteiger partial charge >= 0.3 is 0 Å². The maximum atomic E-state index is 14.0. The van der Waals surface area contributed by atoms with Crippen LogP contribution in [0.4, 0.5) is 0 Å². The normalized spacial score (nSPS) is 15.1. The Morgan fingerprint density at radius 1 is 1.12 bits per heavy atom. The minimum Gasteiger partial charge on any atom is -0.467 e. The molecular weight excluding hydrogens is 713 g/mol. The van der Waals surface area contributed by atoms with Crippen LogP contribution in [0.2, 0.25) is 0 Å². The number of hydrazine groups is 1. The lowest BCUT2D eigenvalue weighted by Gasteiger charge is -2.33. The van der Waals surface area contributed by atoms with E-state index < -0.39 is 23.4 Å². The Bertz CT molecular complexity index is 2010. The summed E-state index contributed by atoms with van der Waals surface area (Å²) >= 11 is 0. The SMILES string of the molecule is CCn1c(-c2cccnc2C(C)OC)c(CC(C)(C)COC=O)c2cc(-c3cnc(CC(NC(=O)C(C(C)C)N(C)C=O)C(=O)N4CCCCN4)n3C)ccc21. The molecule has 14 heteroatoms.